The van der Waals surface area contributed by atoms with Gasteiger partial charge < -0.3 is 11.1 Å². The summed E-state index contributed by atoms with van der Waals surface area (Å²) >= 11 is 3.00. The zero-order chi connectivity index (χ0) is 17.8. The Balaban J connectivity index is 1.56. The number of carbonyl (C=O) groups excluding carboxylic acids is 1. The number of aryl methyl sites for hydroxylation is 2. The first-order chi connectivity index (χ1) is 12.1. The quantitative estimate of drug-likeness (QED) is 0.575. The number of thiazole rings is 1. The molecule has 0 aliphatic carbocycles. The van der Waals surface area contributed by atoms with Gasteiger partial charge in [-0.05, 0) is 31.2 Å². The van der Waals surface area contributed by atoms with Crippen LogP contribution in [0.5, 0.6) is 0 Å². The van der Waals surface area contributed by atoms with Crippen LogP contribution in [0.1, 0.15) is 33.0 Å². The zero-order valence-electron chi connectivity index (χ0n) is 13.5. The van der Waals surface area contributed by atoms with Gasteiger partial charge >= 0.3 is 0 Å². The fourth-order valence-corrected chi connectivity index (χ4v) is 4.06. The Bertz CT molecular complexity index is 919. The first-order valence-corrected chi connectivity index (χ1v) is 9.37. The molecule has 0 radical (unpaired) electrons. The fourth-order valence-electron chi connectivity index (χ4n) is 2.36. The molecule has 128 valence electrons. The van der Waals surface area contributed by atoms with Crippen molar-refractivity contribution in [3.05, 3.63) is 38.7 Å². The number of nitrogens with two attached hydrogens (primary N) is 1. The van der Waals surface area contributed by atoms with Gasteiger partial charge in [-0.2, -0.15) is 21.7 Å². The molecule has 3 aromatic rings. The van der Waals surface area contributed by atoms with Crippen molar-refractivity contribution in [2.24, 2.45) is 0 Å². The number of carbonyl (C=O) groups is 1. The van der Waals surface area contributed by atoms with Crippen molar-refractivity contribution >= 4 is 34.4 Å². The number of amides is 1. The van der Waals surface area contributed by atoms with Crippen LogP contribution < -0.4 is 11.1 Å². The van der Waals surface area contributed by atoms with E-state index in [0.29, 0.717) is 35.5 Å². The Morgan fingerprint density at radius 2 is 2.36 bits per heavy atom. The number of rotatable bonds is 6. The lowest BCUT2D eigenvalue weighted by molar-refractivity contribution is 0.0956. The minimum absolute atomic E-state index is 0.124. The van der Waals surface area contributed by atoms with Gasteiger partial charge in [0.25, 0.3) is 5.91 Å². The Morgan fingerprint density at radius 1 is 1.52 bits per heavy atom. The summed E-state index contributed by atoms with van der Waals surface area (Å²) in [5, 5.41) is 23.4. The van der Waals surface area contributed by atoms with E-state index in [-0.39, 0.29) is 11.7 Å². The van der Waals surface area contributed by atoms with E-state index >= 15 is 0 Å². The summed E-state index contributed by atoms with van der Waals surface area (Å²) in [6, 6.07) is 4.02. The SMILES string of the molecule is Cc1nc(-c2ccsc2)sc1C(=O)NCCCc1[nH]nc(N)c1C#N. The second-order valence-electron chi connectivity index (χ2n) is 5.38. The number of thiophene rings is 1. The van der Waals surface area contributed by atoms with Gasteiger partial charge in [0.05, 0.1) is 11.4 Å². The molecule has 1 amide bonds. The average molecular weight is 372 g/mol. The minimum atomic E-state index is -0.124. The van der Waals surface area contributed by atoms with E-state index in [1.807, 2.05) is 29.8 Å². The predicted molar refractivity (Wildman–Crippen MR) is 98.5 cm³/mol. The topological polar surface area (TPSA) is 120 Å². The summed E-state index contributed by atoms with van der Waals surface area (Å²) in [5.74, 6) is 0.0869. The van der Waals surface area contributed by atoms with Crippen molar-refractivity contribution in [2.75, 3.05) is 12.3 Å². The highest BCUT2D eigenvalue weighted by Crippen LogP contribution is 2.29. The van der Waals surface area contributed by atoms with Crippen LogP contribution in [0.15, 0.2) is 16.8 Å². The van der Waals surface area contributed by atoms with Gasteiger partial charge in [0.15, 0.2) is 5.82 Å². The molecule has 0 saturated carbocycles. The molecule has 0 atom stereocenters. The van der Waals surface area contributed by atoms with Crippen LogP contribution in [-0.2, 0) is 6.42 Å². The van der Waals surface area contributed by atoms with E-state index in [1.165, 1.54) is 11.3 Å². The van der Waals surface area contributed by atoms with Gasteiger partial charge in [0.2, 0.25) is 0 Å². The molecule has 0 fully saturated rings. The molecule has 0 aliphatic heterocycles. The number of hydrogen-bond donors (Lipinski definition) is 3. The maximum Gasteiger partial charge on any atom is 0.263 e. The second kappa shape index (κ2) is 7.46. The smallest absolute Gasteiger partial charge is 0.263 e. The summed E-state index contributed by atoms with van der Waals surface area (Å²) in [6.07, 6.45) is 1.27. The lowest BCUT2D eigenvalue weighted by Gasteiger charge is -2.03. The Kier molecular flexibility index (Phi) is 5.11. The molecular weight excluding hydrogens is 356 g/mol. The van der Waals surface area contributed by atoms with Crippen LogP contribution in [0.3, 0.4) is 0 Å². The van der Waals surface area contributed by atoms with E-state index in [1.54, 1.807) is 11.3 Å². The highest BCUT2D eigenvalue weighted by atomic mass is 32.1. The second-order valence-corrected chi connectivity index (χ2v) is 7.16. The summed E-state index contributed by atoms with van der Waals surface area (Å²) in [7, 11) is 0. The van der Waals surface area contributed by atoms with E-state index < -0.39 is 0 Å². The number of hydrogen-bond acceptors (Lipinski definition) is 7. The van der Waals surface area contributed by atoms with Crippen LogP contribution in [0, 0.1) is 18.3 Å². The molecule has 3 rings (SSSR count). The molecule has 4 N–H and O–H groups in total. The summed E-state index contributed by atoms with van der Waals surface area (Å²) in [4.78, 5) is 17.5. The van der Waals surface area contributed by atoms with Gasteiger partial charge in [0, 0.05) is 17.5 Å². The highest BCUT2D eigenvalue weighted by molar-refractivity contribution is 7.17. The normalized spacial score (nSPS) is 10.6. The summed E-state index contributed by atoms with van der Waals surface area (Å²) < 4.78 is 0. The Morgan fingerprint density at radius 3 is 3.08 bits per heavy atom. The molecule has 0 aromatic carbocycles. The number of nitrogens with zero attached hydrogens (tertiary/aromatic N) is 3. The first kappa shape index (κ1) is 17.1. The predicted octanol–water partition coefficient (Wildman–Crippen LogP) is 2.72. The Labute approximate surface area is 152 Å². The van der Waals surface area contributed by atoms with Crippen LogP contribution in [0.25, 0.3) is 10.6 Å². The fraction of sp³-hybridized carbons (Fsp3) is 0.250. The number of anilines is 1. The van der Waals surface area contributed by atoms with Crippen molar-refractivity contribution in [2.45, 2.75) is 19.8 Å². The molecule has 7 nitrogen and oxygen atoms in total. The van der Waals surface area contributed by atoms with Gasteiger partial charge in [0.1, 0.15) is 21.5 Å². The summed E-state index contributed by atoms with van der Waals surface area (Å²) in [5.41, 5.74) is 8.45. The maximum absolute atomic E-state index is 12.4. The minimum Gasteiger partial charge on any atom is -0.381 e. The summed E-state index contributed by atoms with van der Waals surface area (Å²) in [6.45, 7) is 2.33. The molecule has 0 spiro atoms. The van der Waals surface area contributed by atoms with E-state index in [2.05, 4.69) is 20.5 Å². The average Bonchev–Trinajstić information content (AvgIpc) is 3.31. The molecule has 3 heterocycles. The molecule has 0 bridgehead atoms. The van der Waals surface area contributed by atoms with Crippen LogP contribution in [0.4, 0.5) is 5.82 Å². The molecule has 25 heavy (non-hydrogen) atoms. The third-order valence-corrected chi connectivity index (χ3v) is 5.53. The monoisotopic (exact) mass is 372 g/mol. The zero-order valence-corrected chi connectivity index (χ0v) is 15.1. The van der Waals surface area contributed by atoms with Gasteiger partial charge in [-0.25, -0.2) is 4.98 Å². The van der Waals surface area contributed by atoms with Crippen molar-refractivity contribution in [3.63, 3.8) is 0 Å². The lowest BCUT2D eigenvalue weighted by atomic mass is 10.1. The van der Waals surface area contributed by atoms with Crippen molar-refractivity contribution in [1.82, 2.24) is 20.5 Å². The number of nitrogens with one attached hydrogen (secondary N) is 2. The molecule has 0 saturated heterocycles. The number of aromatic amines is 1. The number of nitriles is 1. The third-order valence-electron chi connectivity index (χ3n) is 3.64. The van der Waals surface area contributed by atoms with Crippen LogP contribution in [-0.4, -0.2) is 27.6 Å². The number of nitrogen functional groups attached to an aromatic ring is 1. The largest absolute Gasteiger partial charge is 0.381 e. The number of H-pyrrole nitrogens is 1. The molecule has 3 aromatic heterocycles. The number of aromatic nitrogens is 3. The maximum atomic E-state index is 12.4. The lowest BCUT2D eigenvalue weighted by Crippen LogP contribution is -2.24. The molecule has 0 aliphatic rings. The van der Waals surface area contributed by atoms with Crippen LogP contribution in [0.2, 0.25) is 0 Å². The van der Waals surface area contributed by atoms with Crippen molar-refractivity contribution in [3.8, 4) is 16.6 Å². The standard InChI is InChI=1S/C16H16N6OS2/c1-9-13(25-16(20-9)10-4-6-24-8-10)15(23)19-5-2-3-12-11(7-17)14(18)22-21-12/h4,6,8H,2-3,5H2,1H3,(H,19,23)(H3,18,21,22). The van der Waals surface area contributed by atoms with Gasteiger partial charge in [-0.1, -0.05) is 0 Å². The Hall–Kier alpha value is -2.70. The molecule has 9 heteroatoms. The van der Waals surface area contributed by atoms with Gasteiger partial charge in [-0.3, -0.25) is 9.89 Å². The highest BCUT2D eigenvalue weighted by Gasteiger charge is 2.16. The van der Waals surface area contributed by atoms with Crippen molar-refractivity contribution < 1.29 is 4.79 Å². The van der Waals surface area contributed by atoms with Crippen molar-refractivity contribution in [1.29, 1.82) is 5.26 Å². The van der Waals surface area contributed by atoms with E-state index in [0.717, 1.165) is 16.3 Å². The molecule has 0 unspecified atom stereocenters. The van der Waals surface area contributed by atoms with E-state index in [4.69, 9.17) is 11.0 Å². The van der Waals surface area contributed by atoms with Crippen LogP contribution >= 0.6 is 22.7 Å². The third kappa shape index (κ3) is 3.70. The van der Waals surface area contributed by atoms with E-state index in [9.17, 15) is 4.79 Å². The molecular formula is C16H16N6OS2. The first-order valence-electron chi connectivity index (χ1n) is 7.61. The van der Waals surface area contributed by atoms with Gasteiger partial charge in [-0.15, -0.1) is 11.3 Å².